The predicted octanol–water partition coefficient (Wildman–Crippen LogP) is 1.97. The second-order valence-electron chi connectivity index (χ2n) is 9.46. The van der Waals surface area contributed by atoms with E-state index in [1.165, 1.54) is 53.1 Å². The third-order valence-electron chi connectivity index (χ3n) is 6.57. The van der Waals surface area contributed by atoms with E-state index in [9.17, 15) is 29.3 Å². The highest BCUT2D eigenvalue weighted by atomic mass is 127. The Kier molecular flexibility index (Phi) is 8.18. The van der Waals surface area contributed by atoms with Gasteiger partial charge in [0.15, 0.2) is 0 Å². The van der Waals surface area contributed by atoms with Gasteiger partial charge in [0.1, 0.15) is 28.7 Å². The van der Waals surface area contributed by atoms with Crippen molar-refractivity contribution in [1.29, 1.82) is 0 Å². The molecule has 3 N–H and O–H groups in total. The predicted molar refractivity (Wildman–Crippen MR) is 148 cm³/mol. The topological polar surface area (TPSA) is 171 Å². The zero-order valence-corrected chi connectivity index (χ0v) is 23.8. The van der Waals surface area contributed by atoms with Crippen LogP contribution in [0.4, 0.5) is 5.69 Å². The Morgan fingerprint density at radius 3 is 2.38 bits per heavy atom. The lowest BCUT2D eigenvalue weighted by Gasteiger charge is -2.44. The highest BCUT2D eigenvalue weighted by Gasteiger charge is 2.65. The van der Waals surface area contributed by atoms with Crippen LogP contribution in [0.15, 0.2) is 54.6 Å². The molecule has 2 amide bonds. The number of amides is 2. The number of hydrogen-bond donors (Lipinski definition) is 2. The summed E-state index contributed by atoms with van der Waals surface area (Å²) < 4.78 is 9.73. The Morgan fingerprint density at radius 2 is 1.79 bits per heavy atom. The fraction of sp³-hybridized carbons (Fsp3) is 0.360. The quantitative estimate of drug-likeness (QED) is 0.0766. The zero-order chi connectivity index (χ0) is 28.5. The fourth-order valence-electron chi connectivity index (χ4n) is 4.53. The number of nitro benzene ring substituents is 1. The molecule has 2 aliphatic rings. The summed E-state index contributed by atoms with van der Waals surface area (Å²) in [5.41, 5.74) is 4.80. The van der Waals surface area contributed by atoms with Crippen molar-refractivity contribution in [3.63, 3.8) is 0 Å². The van der Waals surface area contributed by atoms with E-state index in [4.69, 9.17) is 15.2 Å². The number of halogens is 1. The fourth-order valence-corrected chi connectivity index (χ4v) is 6.44. The summed E-state index contributed by atoms with van der Waals surface area (Å²) in [7, 11) is 0. The molecule has 4 atom stereocenters. The lowest BCUT2D eigenvalue weighted by atomic mass is 9.88. The van der Waals surface area contributed by atoms with Crippen LogP contribution in [0.1, 0.15) is 25.0 Å². The normalized spacial score (nSPS) is 22.6. The smallest absolute Gasteiger partial charge is 0.341 e. The SMILES string of the molecule is CC1(C)S[C@@H]2C(NC(=O)C(N)(C(=O)OCI)c3ccccc3)C(=O)N2[C@H]1C(=O)OCc1ccc([N+](=O)[O-])cc1. The number of fused-ring (bicyclic) bond motifs is 1. The highest BCUT2D eigenvalue weighted by molar-refractivity contribution is 14.1. The molecule has 2 fully saturated rings. The van der Waals surface area contributed by atoms with Crippen LogP contribution in [0.2, 0.25) is 0 Å². The number of hydrogen-bond acceptors (Lipinski definition) is 10. The van der Waals surface area contributed by atoms with Gasteiger partial charge >= 0.3 is 11.9 Å². The van der Waals surface area contributed by atoms with Crippen LogP contribution < -0.4 is 11.1 Å². The third kappa shape index (κ3) is 5.32. The van der Waals surface area contributed by atoms with Gasteiger partial charge in [0.05, 0.1) is 4.92 Å². The lowest BCUT2D eigenvalue weighted by Crippen LogP contribution is -2.73. The van der Waals surface area contributed by atoms with Gasteiger partial charge < -0.3 is 25.4 Å². The molecular weight excluding hydrogens is 643 g/mol. The number of carbonyl (C=O) groups excluding carboxylic acids is 4. The molecule has 12 nitrogen and oxygen atoms in total. The lowest BCUT2D eigenvalue weighted by molar-refractivity contribution is -0.384. The van der Waals surface area contributed by atoms with Crippen molar-refractivity contribution in [2.45, 2.75) is 48.2 Å². The maximum absolute atomic E-state index is 13.4. The van der Waals surface area contributed by atoms with Crippen LogP contribution in [0, 0.1) is 10.1 Å². The molecule has 0 radical (unpaired) electrons. The number of rotatable bonds is 9. The van der Waals surface area contributed by atoms with Crippen molar-refractivity contribution in [3.8, 4) is 0 Å². The summed E-state index contributed by atoms with van der Waals surface area (Å²) in [5.74, 6) is -3.02. The molecule has 2 aliphatic heterocycles. The van der Waals surface area contributed by atoms with Crippen LogP contribution in [0.25, 0.3) is 0 Å². The molecular formula is C25H25IN4O8S. The van der Waals surface area contributed by atoms with Gasteiger partial charge in [-0.2, -0.15) is 0 Å². The number of non-ortho nitro benzene ring substituents is 1. The van der Waals surface area contributed by atoms with E-state index in [-0.39, 0.29) is 22.5 Å². The molecule has 206 valence electrons. The van der Waals surface area contributed by atoms with Gasteiger partial charge in [0.2, 0.25) is 11.4 Å². The molecule has 0 bridgehead atoms. The van der Waals surface area contributed by atoms with Gasteiger partial charge in [-0.15, -0.1) is 11.8 Å². The zero-order valence-electron chi connectivity index (χ0n) is 20.9. The van der Waals surface area contributed by atoms with Crippen molar-refractivity contribution in [3.05, 3.63) is 75.8 Å². The maximum atomic E-state index is 13.4. The summed E-state index contributed by atoms with van der Waals surface area (Å²) >= 11 is 3.13. The summed E-state index contributed by atoms with van der Waals surface area (Å²) in [6.07, 6.45) is 0. The van der Waals surface area contributed by atoms with E-state index in [2.05, 4.69) is 5.32 Å². The molecule has 2 heterocycles. The number of nitrogens with zero attached hydrogens (tertiary/aromatic N) is 2. The Balaban J connectivity index is 1.47. The molecule has 0 spiro atoms. The second kappa shape index (κ2) is 11.1. The van der Waals surface area contributed by atoms with Gasteiger partial charge in [-0.25, -0.2) is 9.59 Å². The van der Waals surface area contributed by atoms with Crippen LogP contribution >= 0.6 is 34.4 Å². The maximum Gasteiger partial charge on any atom is 0.341 e. The number of alkyl halides is 1. The first-order valence-electron chi connectivity index (χ1n) is 11.7. The van der Waals surface area contributed by atoms with Crippen molar-refractivity contribution in [2.24, 2.45) is 5.73 Å². The first kappa shape index (κ1) is 28.8. The van der Waals surface area contributed by atoms with E-state index in [1.54, 1.807) is 32.0 Å². The van der Waals surface area contributed by atoms with E-state index < -0.39 is 56.4 Å². The number of benzene rings is 2. The number of nitrogens with two attached hydrogens (primary N) is 1. The average Bonchev–Trinajstić information content (AvgIpc) is 3.18. The van der Waals surface area contributed by atoms with Crippen molar-refractivity contribution in [2.75, 3.05) is 4.61 Å². The van der Waals surface area contributed by atoms with Crippen LogP contribution in [0.3, 0.4) is 0 Å². The molecule has 39 heavy (non-hydrogen) atoms. The summed E-state index contributed by atoms with van der Waals surface area (Å²) in [6.45, 7) is 3.44. The van der Waals surface area contributed by atoms with E-state index >= 15 is 0 Å². The number of esters is 2. The first-order valence-corrected chi connectivity index (χ1v) is 14.1. The van der Waals surface area contributed by atoms with Crippen molar-refractivity contribution in [1.82, 2.24) is 10.2 Å². The minimum Gasteiger partial charge on any atom is -0.459 e. The molecule has 0 aliphatic carbocycles. The molecule has 2 aromatic rings. The number of nitrogens with one attached hydrogen (secondary N) is 1. The van der Waals surface area contributed by atoms with Gasteiger partial charge in [0, 0.05) is 16.9 Å². The van der Waals surface area contributed by atoms with Gasteiger partial charge in [-0.05, 0) is 59.7 Å². The Bertz CT molecular complexity index is 1310. The second-order valence-corrected chi connectivity index (χ2v) is 11.9. The molecule has 0 aromatic heterocycles. The summed E-state index contributed by atoms with van der Waals surface area (Å²) in [4.78, 5) is 64.1. The largest absolute Gasteiger partial charge is 0.459 e. The number of β-lactam (4-membered cyclic amide) rings is 1. The Labute approximate surface area is 241 Å². The van der Waals surface area contributed by atoms with E-state index in [1.807, 2.05) is 22.6 Å². The standard InChI is InChI=1S/C25H25IN4O8S/c1-24(2)18(21(32)37-12-14-8-10-16(11-9-14)30(35)36)29-19(31)17(20(29)39-24)28-22(33)25(27,23(34)38-13-26)15-6-4-3-5-7-15/h3-11,17-18,20H,12-13,27H2,1-2H3,(H,28,33)/t17?,18-,20+,25?/m0/s1. The highest BCUT2D eigenvalue weighted by Crippen LogP contribution is 2.51. The van der Waals surface area contributed by atoms with Crippen molar-refractivity contribution >= 4 is 63.8 Å². The van der Waals surface area contributed by atoms with E-state index in [0.29, 0.717) is 5.56 Å². The molecule has 4 rings (SSSR count). The van der Waals surface area contributed by atoms with Crippen LogP contribution in [-0.4, -0.2) is 60.4 Å². The number of thioether (sulfide) groups is 1. The van der Waals surface area contributed by atoms with Crippen LogP contribution in [0.5, 0.6) is 0 Å². The minimum absolute atomic E-state index is 0.0257. The first-order chi connectivity index (χ1) is 18.4. The third-order valence-corrected chi connectivity index (χ3v) is 8.46. The molecule has 14 heteroatoms. The molecule has 2 saturated heterocycles. The van der Waals surface area contributed by atoms with Gasteiger partial charge in [-0.3, -0.25) is 19.7 Å². The number of nitro groups is 1. The number of ether oxygens (including phenoxy) is 2. The Morgan fingerprint density at radius 1 is 1.15 bits per heavy atom. The number of carbonyl (C=O) groups is 4. The summed E-state index contributed by atoms with van der Waals surface area (Å²) in [6, 6.07) is 11.6. The monoisotopic (exact) mass is 668 g/mol. The van der Waals surface area contributed by atoms with Gasteiger partial charge in [0.25, 0.3) is 11.6 Å². The van der Waals surface area contributed by atoms with Gasteiger partial charge in [-0.1, -0.05) is 30.3 Å². The Hall–Kier alpha value is -3.24. The van der Waals surface area contributed by atoms with Crippen LogP contribution in [-0.2, 0) is 40.8 Å². The minimum atomic E-state index is -2.19. The summed E-state index contributed by atoms with van der Waals surface area (Å²) in [5, 5.41) is 12.8. The molecule has 0 saturated carbocycles. The van der Waals surface area contributed by atoms with Crippen molar-refractivity contribution < 1.29 is 33.6 Å². The van der Waals surface area contributed by atoms with E-state index in [0.717, 1.165) is 0 Å². The molecule has 2 unspecified atom stereocenters. The average molecular weight is 668 g/mol. The molecule has 2 aromatic carbocycles.